The first-order valence-corrected chi connectivity index (χ1v) is 7.62. The van der Waals surface area contributed by atoms with Crippen molar-refractivity contribution >= 4 is 22.8 Å². The molecule has 2 heterocycles. The molecule has 7 heteroatoms. The molecule has 124 valence electrons. The molecule has 0 atom stereocenters. The van der Waals surface area contributed by atoms with E-state index in [1.54, 1.807) is 18.3 Å². The first-order valence-electron chi connectivity index (χ1n) is 7.62. The molecule has 7 nitrogen and oxygen atoms in total. The summed E-state index contributed by atoms with van der Waals surface area (Å²) in [7, 11) is 0. The van der Waals surface area contributed by atoms with Crippen LogP contribution in [0.5, 0.6) is 0 Å². The number of nitrogens with zero attached hydrogens (tertiary/aromatic N) is 3. The van der Waals surface area contributed by atoms with Gasteiger partial charge in [0, 0.05) is 6.54 Å². The van der Waals surface area contributed by atoms with E-state index in [4.69, 9.17) is 4.74 Å². The summed E-state index contributed by atoms with van der Waals surface area (Å²) >= 11 is 0. The monoisotopic (exact) mass is 325 g/mol. The Kier molecular flexibility index (Phi) is 4.16. The van der Waals surface area contributed by atoms with E-state index in [2.05, 4.69) is 25.5 Å². The van der Waals surface area contributed by atoms with Crippen LogP contribution < -0.4 is 5.32 Å². The number of esters is 1. The van der Waals surface area contributed by atoms with E-state index in [-0.39, 0.29) is 5.97 Å². The van der Waals surface area contributed by atoms with E-state index in [0.29, 0.717) is 23.6 Å². The Morgan fingerprint density at radius 3 is 2.67 bits per heavy atom. The van der Waals surface area contributed by atoms with Crippen LogP contribution >= 0.6 is 0 Å². The van der Waals surface area contributed by atoms with Gasteiger partial charge < -0.3 is 10.1 Å². The molecule has 0 saturated carbocycles. The summed E-state index contributed by atoms with van der Waals surface area (Å²) in [6.07, 6.45) is 3.16. The fourth-order valence-electron chi connectivity index (χ4n) is 2.19. The smallest absolute Gasteiger partial charge is 0.338 e. The first kappa shape index (κ1) is 15.9. The Hall–Kier alpha value is -2.96. The van der Waals surface area contributed by atoms with Crippen molar-refractivity contribution in [2.45, 2.75) is 32.9 Å². The second-order valence-corrected chi connectivity index (χ2v) is 6.41. The highest BCUT2D eigenvalue weighted by Gasteiger charge is 2.17. The number of hydrogen-bond acceptors (Lipinski definition) is 6. The van der Waals surface area contributed by atoms with Crippen LogP contribution in [0.25, 0.3) is 11.0 Å². The van der Waals surface area contributed by atoms with E-state index < -0.39 is 5.60 Å². The Morgan fingerprint density at radius 1 is 1.21 bits per heavy atom. The molecule has 0 bridgehead atoms. The van der Waals surface area contributed by atoms with E-state index in [1.165, 1.54) is 6.33 Å². The molecule has 0 saturated heterocycles. The minimum Gasteiger partial charge on any atom is -0.456 e. The van der Waals surface area contributed by atoms with E-state index in [1.807, 2.05) is 32.9 Å². The Bertz CT molecular complexity index is 849. The van der Waals surface area contributed by atoms with E-state index in [9.17, 15) is 4.79 Å². The Balaban J connectivity index is 1.66. The van der Waals surface area contributed by atoms with Gasteiger partial charge in [-0.2, -0.15) is 5.10 Å². The third-order valence-corrected chi connectivity index (χ3v) is 3.30. The molecule has 3 aromatic rings. The number of anilines is 1. The number of rotatable bonds is 4. The maximum absolute atomic E-state index is 12.0. The molecular formula is C17H19N5O2. The minimum atomic E-state index is -0.500. The average molecular weight is 325 g/mol. The average Bonchev–Trinajstić information content (AvgIpc) is 3.01. The third kappa shape index (κ3) is 3.68. The fourth-order valence-corrected chi connectivity index (χ4v) is 2.19. The highest BCUT2D eigenvalue weighted by molar-refractivity contribution is 5.89. The predicted molar refractivity (Wildman–Crippen MR) is 90.6 cm³/mol. The number of aromatic amines is 1. The summed E-state index contributed by atoms with van der Waals surface area (Å²) in [4.78, 5) is 20.3. The van der Waals surface area contributed by atoms with Crippen molar-refractivity contribution in [3.05, 3.63) is 47.9 Å². The van der Waals surface area contributed by atoms with Crippen molar-refractivity contribution in [1.82, 2.24) is 20.2 Å². The number of hydrogen-bond donors (Lipinski definition) is 2. The van der Waals surface area contributed by atoms with Crippen LogP contribution in [0.3, 0.4) is 0 Å². The van der Waals surface area contributed by atoms with Gasteiger partial charge in [0.2, 0.25) is 0 Å². The lowest BCUT2D eigenvalue weighted by atomic mass is 10.1. The SMILES string of the molecule is CC(C)(C)OC(=O)c1ccc(CNc2ncnc3[nH]ncc23)cc1. The maximum atomic E-state index is 12.0. The van der Waals surface area contributed by atoms with Gasteiger partial charge in [0.05, 0.1) is 17.1 Å². The molecule has 0 aliphatic rings. The molecular weight excluding hydrogens is 306 g/mol. The molecule has 24 heavy (non-hydrogen) atoms. The zero-order chi connectivity index (χ0) is 17.2. The van der Waals surface area contributed by atoms with Crippen molar-refractivity contribution in [3.8, 4) is 0 Å². The molecule has 1 aromatic carbocycles. The summed E-state index contributed by atoms with van der Waals surface area (Å²) in [5.41, 5.74) is 1.75. The summed E-state index contributed by atoms with van der Waals surface area (Å²) in [6.45, 7) is 6.12. The maximum Gasteiger partial charge on any atom is 0.338 e. The van der Waals surface area contributed by atoms with Gasteiger partial charge >= 0.3 is 5.97 Å². The van der Waals surface area contributed by atoms with Crippen LogP contribution in [0.4, 0.5) is 5.82 Å². The van der Waals surface area contributed by atoms with E-state index >= 15 is 0 Å². The number of fused-ring (bicyclic) bond motifs is 1. The van der Waals surface area contributed by atoms with Gasteiger partial charge in [-0.1, -0.05) is 12.1 Å². The van der Waals surface area contributed by atoms with Crippen LogP contribution in [0.15, 0.2) is 36.8 Å². The number of nitrogens with one attached hydrogen (secondary N) is 2. The van der Waals surface area contributed by atoms with Gasteiger partial charge in [-0.25, -0.2) is 14.8 Å². The van der Waals surface area contributed by atoms with Crippen LogP contribution in [-0.4, -0.2) is 31.7 Å². The topological polar surface area (TPSA) is 92.8 Å². The molecule has 0 radical (unpaired) electrons. The van der Waals surface area contributed by atoms with Crippen molar-refractivity contribution in [1.29, 1.82) is 0 Å². The summed E-state index contributed by atoms with van der Waals surface area (Å²) < 4.78 is 5.35. The fraction of sp³-hybridized carbons (Fsp3) is 0.294. The lowest BCUT2D eigenvalue weighted by molar-refractivity contribution is 0.00695. The van der Waals surface area contributed by atoms with Crippen LogP contribution in [0, 0.1) is 0 Å². The van der Waals surface area contributed by atoms with Gasteiger partial charge in [0.1, 0.15) is 17.7 Å². The van der Waals surface area contributed by atoms with Gasteiger partial charge in [-0.05, 0) is 38.5 Å². The standard InChI is InChI=1S/C17H19N5O2/c1-17(2,3)24-16(23)12-6-4-11(5-7-12)8-18-14-13-9-21-22-15(13)20-10-19-14/h4-7,9-10H,8H2,1-3H3,(H2,18,19,20,21,22). The molecule has 0 fully saturated rings. The lowest BCUT2D eigenvalue weighted by Crippen LogP contribution is -2.23. The van der Waals surface area contributed by atoms with Crippen molar-refractivity contribution in [2.24, 2.45) is 0 Å². The molecule has 0 unspecified atom stereocenters. The van der Waals surface area contributed by atoms with Crippen molar-refractivity contribution in [2.75, 3.05) is 5.32 Å². The van der Waals surface area contributed by atoms with Gasteiger partial charge in [-0.15, -0.1) is 0 Å². The summed E-state index contributed by atoms with van der Waals surface area (Å²) in [5.74, 6) is 0.392. The second kappa shape index (κ2) is 6.27. The quantitative estimate of drug-likeness (QED) is 0.717. The van der Waals surface area contributed by atoms with Gasteiger partial charge in [-0.3, -0.25) is 5.10 Å². The highest BCUT2D eigenvalue weighted by atomic mass is 16.6. The molecule has 0 spiro atoms. The number of benzene rings is 1. The number of ether oxygens (including phenoxy) is 1. The van der Waals surface area contributed by atoms with Crippen molar-refractivity contribution < 1.29 is 9.53 Å². The van der Waals surface area contributed by atoms with E-state index in [0.717, 1.165) is 10.9 Å². The largest absolute Gasteiger partial charge is 0.456 e. The van der Waals surface area contributed by atoms with Crippen LogP contribution in [0.2, 0.25) is 0 Å². The van der Waals surface area contributed by atoms with Gasteiger partial charge in [0.25, 0.3) is 0 Å². The lowest BCUT2D eigenvalue weighted by Gasteiger charge is -2.19. The zero-order valence-corrected chi connectivity index (χ0v) is 13.8. The highest BCUT2D eigenvalue weighted by Crippen LogP contribution is 2.17. The summed E-state index contributed by atoms with van der Waals surface area (Å²) in [5, 5.41) is 10.8. The predicted octanol–water partition coefficient (Wildman–Crippen LogP) is 2.92. The zero-order valence-electron chi connectivity index (χ0n) is 13.8. The number of carbonyl (C=O) groups excluding carboxylic acids is 1. The summed E-state index contributed by atoms with van der Waals surface area (Å²) in [6, 6.07) is 7.30. The van der Waals surface area contributed by atoms with Crippen molar-refractivity contribution in [3.63, 3.8) is 0 Å². The molecule has 2 aromatic heterocycles. The Labute approximate surface area is 139 Å². The molecule has 0 aliphatic carbocycles. The molecule has 0 amide bonds. The number of carbonyl (C=O) groups is 1. The second-order valence-electron chi connectivity index (χ2n) is 6.41. The van der Waals surface area contributed by atoms with Gasteiger partial charge in [0.15, 0.2) is 5.65 Å². The third-order valence-electron chi connectivity index (χ3n) is 3.30. The molecule has 0 aliphatic heterocycles. The minimum absolute atomic E-state index is 0.321. The number of H-pyrrole nitrogens is 1. The number of aromatic nitrogens is 4. The Morgan fingerprint density at radius 2 is 1.96 bits per heavy atom. The van der Waals surface area contributed by atoms with Crippen LogP contribution in [-0.2, 0) is 11.3 Å². The molecule has 3 rings (SSSR count). The normalized spacial score (nSPS) is 11.5. The first-order chi connectivity index (χ1) is 11.4. The van der Waals surface area contributed by atoms with Crippen LogP contribution in [0.1, 0.15) is 36.7 Å². The molecule has 2 N–H and O–H groups in total.